The Hall–Kier alpha value is -1.58. The fourth-order valence-electron chi connectivity index (χ4n) is 2.68. The summed E-state index contributed by atoms with van der Waals surface area (Å²) in [6.45, 7) is 10.5. The molecule has 98 valence electrons. The second-order valence-corrected chi connectivity index (χ2v) is 5.55. The molecule has 0 bridgehead atoms. The topological polar surface area (TPSA) is 66.0 Å². The van der Waals surface area contributed by atoms with Crippen LogP contribution in [0.1, 0.15) is 30.7 Å². The number of amidine groups is 1. The lowest BCUT2D eigenvalue weighted by atomic mass is 10.0. The molecule has 1 fully saturated rings. The summed E-state index contributed by atoms with van der Waals surface area (Å²) in [5.74, 6) is 2.32. The van der Waals surface area contributed by atoms with Crippen LogP contribution in [0.2, 0.25) is 0 Å². The van der Waals surface area contributed by atoms with Crippen LogP contribution < -0.4 is 10.6 Å². The highest BCUT2D eigenvalue weighted by Gasteiger charge is 2.29. The van der Waals surface area contributed by atoms with Gasteiger partial charge in [0.15, 0.2) is 0 Å². The van der Waals surface area contributed by atoms with Crippen LogP contribution in [0.15, 0.2) is 6.07 Å². The van der Waals surface area contributed by atoms with E-state index < -0.39 is 0 Å². The fraction of sp³-hybridized carbons (Fsp3) is 0.571. The minimum absolute atomic E-state index is 0.113. The first-order valence-electron chi connectivity index (χ1n) is 6.47. The molecule has 1 aliphatic heterocycles. The van der Waals surface area contributed by atoms with Crippen molar-refractivity contribution in [2.24, 2.45) is 17.6 Å². The number of nitrogen functional groups attached to an aromatic ring is 1. The lowest BCUT2D eigenvalue weighted by Crippen LogP contribution is -2.26. The zero-order chi connectivity index (χ0) is 13.4. The molecule has 4 nitrogen and oxygen atoms in total. The molecule has 4 heteroatoms. The third-order valence-corrected chi connectivity index (χ3v) is 3.88. The molecule has 1 aliphatic rings. The molecule has 1 aromatic rings. The first-order chi connectivity index (χ1) is 8.40. The maximum atomic E-state index is 7.76. The van der Waals surface area contributed by atoms with E-state index in [1.54, 1.807) is 0 Å². The van der Waals surface area contributed by atoms with Crippen LogP contribution in [0.5, 0.6) is 0 Å². The maximum Gasteiger partial charge on any atom is 0.140 e. The van der Waals surface area contributed by atoms with E-state index in [0.717, 1.165) is 35.7 Å². The van der Waals surface area contributed by atoms with Gasteiger partial charge in [-0.3, -0.25) is 5.41 Å². The van der Waals surface area contributed by atoms with E-state index in [2.05, 4.69) is 23.7 Å². The lowest BCUT2D eigenvalue weighted by molar-refractivity contribution is 0.494. The third-order valence-electron chi connectivity index (χ3n) is 3.88. The van der Waals surface area contributed by atoms with Crippen molar-refractivity contribution in [1.82, 2.24) is 4.98 Å². The van der Waals surface area contributed by atoms with Crippen LogP contribution in [0, 0.1) is 31.1 Å². The Morgan fingerprint density at radius 1 is 1.33 bits per heavy atom. The third kappa shape index (κ3) is 2.19. The standard InChI is InChI=1S/C14H22N4/c1-8-5-11(4)17-14(12(8)13(15)16)18-6-9(2)10(3)7-18/h5,9-10H,6-7H2,1-4H3,(H3,15,16). The number of nitrogens with two attached hydrogens (primary N) is 1. The Bertz CT molecular complexity index is 471. The van der Waals surface area contributed by atoms with E-state index in [0.29, 0.717) is 11.8 Å². The predicted octanol–water partition coefficient (Wildman–Crippen LogP) is 2.07. The van der Waals surface area contributed by atoms with Gasteiger partial charge in [0, 0.05) is 18.8 Å². The molecule has 2 atom stereocenters. The number of anilines is 1. The van der Waals surface area contributed by atoms with Gasteiger partial charge in [-0.2, -0.15) is 0 Å². The highest BCUT2D eigenvalue weighted by atomic mass is 15.2. The molecule has 0 amide bonds. The Balaban J connectivity index is 2.47. The minimum Gasteiger partial charge on any atom is -0.384 e. The van der Waals surface area contributed by atoms with Crippen LogP contribution in [0.3, 0.4) is 0 Å². The van der Waals surface area contributed by atoms with Gasteiger partial charge in [0.25, 0.3) is 0 Å². The highest BCUT2D eigenvalue weighted by molar-refractivity contribution is 6.01. The van der Waals surface area contributed by atoms with Crippen LogP contribution in [0.25, 0.3) is 0 Å². The molecular formula is C14H22N4. The number of pyridine rings is 1. The second-order valence-electron chi connectivity index (χ2n) is 5.55. The summed E-state index contributed by atoms with van der Waals surface area (Å²) < 4.78 is 0. The van der Waals surface area contributed by atoms with Gasteiger partial charge in [-0.05, 0) is 37.3 Å². The van der Waals surface area contributed by atoms with Crippen molar-refractivity contribution in [3.05, 3.63) is 22.9 Å². The molecule has 18 heavy (non-hydrogen) atoms. The Labute approximate surface area is 109 Å². The predicted molar refractivity (Wildman–Crippen MR) is 75.3 cm³/mol. The van der Waals surface area contributed by atoms with E-state index in [4.69, 9.17) is 11.1 Å². The Morgan fingerprint density at radius 3 is 2.39 bits per heavy atom. The zero-order valence-corrected chi connectivity index (χ0v) is 11.6. The number of aromatic nitrogens is 1. The summed E-state index contributed by atoms with van der Waals surface area (Å²) in [4.78, 5) is 6.88. The minimum atomic E-state index is 0.113. The SMILES string of the molecule is Cc1cc(C)c(C(=N)N)c(N2CC(C)C(C)C2)n1. The fourth-order valence-corrected chi connectivity index (χ4v) is 2.68. The molecule has 0 aliphatic carbocycles. The van der Waals surface area contributed by atoms with E-state index in [1.807, 2.05) is 19.9 Å². The van der Waals surface area contributed by atoms with Crippen LogP contribution >= 0.6 is 0 Å². The summed E-state index contributed by atoms with van der Waals surface area (Å²) in [5, 5.41) is 7.76. The normalized spacial score (nSPS) is 23.4. The number of nitrogens with one attached hydrogen (secondary N) is 1. The van der Waals surface area contributed by atoms with Crippen molar-refractivity contribution in [2.45, 2.75) is 27.7 Å². The Morgan fingerprint density at radius 2 is 1.89 bits per heavy atom. The number of hydrogen-bond donors (Lipinski definition) is 2. The number of aryl methyl sites for hydroxylation is 2. The highest BCUT2D eigenvalue weighted by Crippen LogP contribution is 2.30. The van der Waals surface area contributed by atoms with E-state index in [9.17, 15) is 0 Å². The summed E-state index contributed by atoms with van der Waals surface area (Å²) in [6, 6.07) is 1.99. The molecule has 0 aromatic carbocycles. The molecule has 2 heterocycles. The van der Waals surface area contributed by atoms with Gasteiger partial charge in [0.05, 0.1) is 5.56 Å². The van der Waals surface area contributed by atoms with Crippen LogP contribution in [-0.4, -0.2) is 23.9 Å². The van der Waals surface area contributed by atoms with E-state index in [1.165, 1.54) is 0 Å². The van der Waals surface area contributed by atoms with Gasteiger partial charge in [0.2, 0.25) is 0 Å². The average Bonchev–Trinajstić information content (AvgIpc) is 2.57. The van der Waals surface area contributed by atoms with Gasteiger partial charge in [-0.25, -0.2) is 4.98 Å². The van der Waals surface area contributed by atoms with E-state index in [-0.39, 0.29) is 5.84 Å². The van der Waals surface area contributed by atoms with Gasteiger partial charge in [0.1, 0.15) is 11.7 Å². The quantitative estimate of drug-likeness (QED) is 0.620. The summed E-state index contributed by atoms with van der Waals surface area (Å²) >= 11 is 0. The summed E-state index contributed by atoms with van der Waals surface area (Å²) in [6.07, 6.45) is 0. The molecule has 1 saturated heterocycles. The van der Waals surface area contributed by atoms with Crippen molar-refractivity contribution in [3.8, 4) is 0 Å². The van der Waals surface area contributed by atoms with Crippen molar-refractivity contribution < 1.29 is 0 Å². The number of hydrogen-bond acceptors (Lipinski definition) is 3. The largest absolute Gasteiger partial charge is 0.384 e. The molecule has 0 spiro atoms. The van der Waals surface area contributed by atoms with Crippen molar-refractivity contribution >= 4 is 11.7 Å². The first-order valence-corrected chi connectivity index (χ1v) is 6.47. The Kier molecular flexibility index (Phi) is 3.28. The summed E-state index contributed by atoms with van der Waals surface area (Å²) in [5.41, 5.74) is 8.54. The van der Waals surface area contributed by atoms with E-state index >= 15 is 0 Å². The lowest BCUT2D eigenvalue weighted by Gasteiger charge is -2.22. The van der Waals surface area contributed by atoms with Gasteiger partial charge >= 0.3 is 0 Å². The molecule has 2 unspecified atom stereocenters. The van der Waals surface area contributed by atoms with Crippen molar-refractivity contribution in [2.75, 3.05) is 18.0 Å². The van der Waals surface area contributed by atoms with Gasteiger partial charge in [-0.1, -0.05) is 13.8 Å². The molecule has 0 saturated carbocycles. The van der Waals surface area contributed by atoms with Crippen LogP contribution in [0.4, 0.5) is 5.82 Å². The van der Waals surface area contributed by atoms with Crippen LogP contribution in [-0.2, 0) is 0 Å². The number of nitrogens with zero attached hydrogens (tertiary/aromatic N) is 2. The molecule has 2 rings (SSSR count). The molecule has 1 aromatic heterocycles. The van der Waals surface area contributed by atoms with Crippen molar-refractivity contribution in [1.29, 1.82) is 5.41 Å². The first kappa shape index (κ1) is 12.9. The second kappa shape index (κ2) is 4.59. The zero-order valence-electron chi connectivity index (χ0n) is 11.6. The average molecular weight is 246 g/mol. The van der Waals surface area contributed by atoms with Gasteiger partial charge < -0.3 is 10.6 Å². The molecule has 0 radical (unpaired) electrons. The monoisotopic (exact) mass is 246 g/mol. The maximum absolute atomic E-state index is 7.76. The summed E-state index contributed by atoms with van der Waals surface area (Å²) in [7, 11) is 0. The van der Waals surface area contributed by atoms with Gasteiger partial charge in [-0.15, -0.1) is 0 Å². The molecular weight excluding hydrogens is 224 g/mol. The number of rotatable bonds is 2. The smallest absolute Gasteiger partial charge is 0.140 e. The molecule has 3 N–H and O–H groups in total. The van der Waals surface area contributed by atoms with Crippen molar-refractivity contribution in [3.63, 3.8) is 0 Å².